The molecule has 1 heterocycles. The molecule has 0 amide bonds. The fourth-order valence-electron chi connectivity index (χ4n) is 3.54. The van der Waals surface area contributed by atoms with Crippen LogP contribution in [0.5, 0.6) is 0 Å². The van der Waals surface area contributed by atoms with Crippen molar-refractivity contribution in [1.29, 1.82) is 0 Å². The Kier molecular flexibility index (Phi) is 6.20. The molecule has 1 saturated heterocycles. The highest BCUT2D eigenvalue weighted by molar-refractivity contribution is 5.76. The molecule has 1 aliphatic rings. The van der Waals surface area contributed by atoms with Gasteiger partial charge in [-0.1, -0.05) is 36.4 Å². The minimum Gasteiger partial charge on any atom is -0.468 e. The first-order valence-corrected chi connectivity index (χ1v) is 8.18. The van der Waals surface area contributed by atoms with Crippen LogP contribution in [0.2, 0.25) is 0 Å². The minimum absolute atomic E-state index is 0.100. The molecule has 2 rings (SSSR count). The maximum Gasteiger partial charge on any atom is 0.323 e. The monoisotopic (exact) mass is 301 g/mol. The summed E-state index contributed by atoms with van der Waals surface area (Å²) in [5.74, 6) is 0.252. The van der Waals surface area contributed by atoms with Crippen LogP contribution < -0.4 is 0 Å². The van der Waals surface area contributed by atoms with E-state index in [4.69, 9.17) is 4.74 Å². The van der Waals surface area contributed by atoms with Crippen LogP contribution in [-0.2, 0) is 9.53 Å². The summed E-state index contributed by atoms with van der Waals surface area (Å²) in [6, 6.07) is 10.5. The fraction of sp³-hybridized carbons (Fsp3) is 0.526. The van der Waals surface area contributed by atoms with E-state index in [1.807, 2.05) is 12.1 Å². The normalized spacial score (nSPS) is 23.7. The van der Waals surface area contributed by atoms with Gasteiger partial charge in [0.2, 0.25) is 0 Å². The van der Waals surface area contributed by atoms with Gasteiger partial charge in [0, 0.05) is 6.04 Å². The first-order chi connectivity index (χ1) is 10.7. The second-order valence-electron chi connectivity index (χ2n) is 6.06. The SMILES string of the molecule is C=CCC[C@@H]1CCCN([C@@H](C)c2ccccc2)[C@@H]1C(=O)OC. The van der Waals surface area contributed by atoms with Crippen LogP contribution in [0.3, 0.4) is 0 Å². The van der Waals surface area contributed by atoms with Crippen LogP contribution in [0.4, 0.5) is 0 Å². The van der Waals surface area contributed by atoms with Crippen molar-refractivity contribution >= 4 is 5.97 Å². The van der Waals surface area contributed by atoms with Crippen molar-refractivity contribution in [3.8, 4) is 0 Å². The van der Waals surface area contributed by atoms with Gasteiger partial charge in [-0.2, -0.15) is 0 Å². The second kappa shape index (κ2) is 8.14. The standard InChI is InChI=1S/C19H27NO2/c1-4-5-10-17-13-9-14-20(18(17)19(21)22-3)15(2)16-11-7-6-8-12-16/h4,6-8,11-12,15,17-18H,1,5,9-10,13-14H2,2-3H3/t15-,17+,18-/m0/s1. The third-order valence-electron chi connectivity index (χ3n) is 4.76. The van der Waals surface area contributed by atoms with Gasteiger partial charge in [-0.25, -0.2) is 0 Å². The number of likely N-dealkylation sites (tertiary alicyclic amines) is 1. The van der Waals surface area contributed by atoms with Gasteiger partial charge in [0.25, 0.3) is 0 Å². The molecule has 0 radical (unpaired) electrons. The Morgan fingerprint density at radius 3 is 2.82 bits per heavy atom. The zero-order valence-corrected chi connectivity index (χ0v) is 13.7. The highest BCUT2D eigenvalue weighted by atomic mass is 16.5. The summed E-state index contributed by atoms with van der Waals surface area (Å²) >= 11 is 0. The molecule has 1 aliphatic heterocycles. The van der Waals surface area contributed by atoms with Crippen LogP contribution in [0, 0.1) is 5.92 Å². The topological polar surface area (TPSA) is 29.5 Å². The molecular weight excluding hydrogens is 274 g/mol. The molecule has 3 heteroatoms. The summed E-state index contributed by atoms with van der Waals surface area (Å²) in [6.07, 6.45) is 6.11. The number of methoxy groups -OCH3 is 1. The Balaban J connectivity index is 2.22. The lowest BCUT2D eigenvalue weighted by molar-refractivity contribution is -0.152. The average molecular weight is 301 g/mol. The van der Waals surface area contributed by atoms with Crippen molar-refractivity contribution in [3.05, 3.63) is 48.6 Å². The van der Waals surface area contributed by atoms with Crippen LogP contribution in [0.15, 0.2) is 43.0 Å². The highest BCUT2D eigenvalue weighted by Crippen LogP contribution is 2.34. The number of nitrogens with zero attached hydrogens (tertiary/aromatic N) is 1. The quantitative estimate of drug-likeness (QED) is 0.588. The lowest BCUT2D eigenvalue weighted by Gasteiger charge is -2.43. The van der Waals surface area contributed by atoms with Crippen molar-refractivity contribution in [3.63, 3.8) is 0 Å². The van der Waals surface area contributed by atoms with Gasteiger partial charge in [0.1, 0.15) is 6.04 Å². The van der Waals surface area contributed by atoms with E-state index >= 15 is 0 Å². The molecule has 0 aliphatic carbocycles. The smallest absolute Gasteiger partial charge is 0.323 e. The molecule has 0 saturated carbocycles. The van der Waals surface area contributed by atoms with E-state index in [-0.39, 0.29) is 18.1 Å². The largest absolute Gasteiger partial charge is 0.468 e. The number of benzene rings is 1. The number of hydrogen-bond acceptors (Lipinski definition) is 3. The number of hydrogen-bond donors (Lipinski definition) is 0. The molecule has 3 atom stereocenters. The number of allylic oxidation sites excluding steroid dienone is 1. The summed E-state index contributed by atoms with van der Waals surface area (Å²) in [6.45, 7) is 6.93. The predicted molar refractivity (Wildman–Crippen MR) is 89.5 cm³/mol. The Hall–Kier alpha value is -1.61. The second-order valence-corrected chi connectivity index (χ2v) is 6.06. The van der Waals surface area contributed by atoms with Crippen molar-refractivity contribution in [2.75, 3.05) is 13.7 Å². The molecule has 0 spiro atoms. The molecule has 3 nitrogen and oxygen atoms in total. The maximum atomic E-state index is 12.4. The van der Waals surface area contributed by atoms with Gasteiger partial charge in [-0.15, -0.1) is 6.58 Å². The average Bonchev–Trinajstić information content (AvgIpc) is 2.59. The summed E-state index contributed by atoms with van der Waals surface area (Å²) in [7, 11) is 1.49. The van der Waals surface area contributed by atoms with Crippen molar-refractivity contribution < 1.29 is 9.53 Å². The molecule has 0 N–H and O–H groups in total. The molecule has 0 bridgehead atoms. The number of rotatable bonds is 6. The van der Waals surface area contributed by atoms with E-state index in [1.54, 1.807) is 0 Å². The Bertz CT molecular complexity index is 485. The Morgan fingerprint density at radius 1 is 1.45 bits per heavy atom. The number of carbonyl (C=O) groups is 1. The fourth-order valence-corrected chi connectivity index (χ4v) is 3.54. The molecule has 1 fully saturated rings. The molecule has 1 aromatic rings. The minimum atomic E-state index is -0.145. The molecule has 22 heavy (non-hydrogen) atoms. The molecule has 0 unspecified atom stereocenters. The maximum absolute atomic E-state index is 12.4. The number of esters is 1. The molecular formula is C19H27NO2. The summed E-state index contributed by atoms with van der Waals surface area (Å²) in [5.41, 5.74) is 1.25. The molecule has 120 valence electrons. The van der Waals surface area contributed by atoms with Gasteiger partial charge in [0.15, 0.2) is 0 Å². The zero-order chi connectivity index (χ0) is 15.9. The summed E-state index contributed by atoms with van der Waals surface area (Å²) in [4.78, 5) is 14.7. The summed E-state index contributed by atoms with van der Waals surface area (Å²) < 4.78 is 5.11. The highest BCUT2D eigenvalue weighted by Gasteiger charge is 2.39. The zero-order valence-electron chi connectivity index (χ0n) is 13.7. The first-order valence-electron chi connectivity index (χ1n) is 8.18. The molecule has 0 aromatic heterocycles. The number of ether oxygens (including phenoxy) is 1. The van der Waals surface area contributed by atoms with Crippen LogP contribution in [-0.4, -0.2) is 30.6 Å². The lowest BCUT2D eigenvalue weighted by atomic mass is 9.84. The van der Waals surface area contributed by atoms with E-state index in [0.717, 1.165) is 32.2 Å². The number of piperidine rings is 1. The van der Waals surface area contributed by atoms with Gasteiger partial charge < -0.3 is 4.74 Å². The van der Waals surface area contributed by atoms with E-state index in [9.17, 15) is 4.79 Å². The van der Waals surface area contributed by atoms with Crippen LogP contribution in [0.25, 0.3) is 0 Å². The van der Waals surface area contributed by atoms with E-state index in [0.29, 0.717) is 5.92 Å². The first kappa shape index (κ1) is 16.8. The molecule has 1 aromatic carbocycles. The van der Waals surface area contributed by atoms with E-state index in [1.165, 1.54) is 12.7 Å². The summed E-state index contributed by atoms with van der Waals surface area (Å²) in [5, 5.41) is 0. The Labute approximate surface area is 134 Å². The van der Waals surface area contributed by atoms with Gasteiger partial charge in [-0.05, 0) is 50.6 Å². The third kappa shape index (κ3) is 3.77. The van der Waals surface area contributed by atoms with Gasteiger partial charge in [-0.3, -0.25) is 9.69 Å². The van der Waals surface area contributed by atoms with Gasteiger partial charge in [0.05, 0.1) is 7.11 Å². The van der Waals surface area contributed by atoms with E-state index < -0.39 is 0 Å². The van der Waals surface area contributed by atoms with Crippen molar-refractivity contribution in [1.82, 2.24) is 4.90 Å². The lowest BCUT2D eigenvalue weighted by Crippen LogP contribution is -2.51. The third-order valence-corrected chi connectivity index (χ3v) is 4.76. The van der Waals surface area contributed by atoms with Crippen molar-refractivity contribution in [2.45, 2.75) is 44.7 Å². The van der Waals surface area contributed by atoms with Gasteiger partial charge >= 0.3 is 5.97 Å². The van der Waals surface area contributed by atoms with E-state index in [2.05, 4.69) is 42.7 Å². The predicted octanol–water partition coefficient (Wildman–Crippen LogP) is 3.97. The van der Waals surface area contributed by atoms with Crippen molar-refractivity contribution in [2.24, 2.45) is 5.92 Å². The van der Waals surface area contributed by atoms with Crippen LogP contribution in [0.1, 0.15) is 44.2 Å². The Morgan fingerprint density at radius 2 is 2.18 bits per heavy atom. The number of carbonyl (C=O) groups excluding carboxylic acids is 1. The van der Waals surface area contributed by atoms with Crippen LogP contribution >= 0.6 is 0 Å².